The summed E-state index contributed by atoms with van der Waals surface area (Å²) < 4.78 is 27.3. The highest BCUT2D eigenvalue weighted by Gasteiger charge is 2.32. The van der Waals surface area contributed by atoms with Crippen LogP contribution in [0.1, 0.15) is 29.7 Å². The van der Waals surface area contributed by atoms with Crippen LogP contribution in [-0.2, 0) is 13.1 Å². The van der Waals surface area contributed by atoms with Gasteiger partial charge in [0.1, 0.15) is 17.3 Å². The molecular weight excluding hydrogens is 462 g/mol. The van der Waals surface area contributed by atoms with Gasteiger partial charge in [0.15, 0.2) is 0 Å². The molecule has 1 atom stereocenters. The Morgan fingerprint density at radius 1 is 1.11 bits per heavy atom. The van der Waals surface area contributed by atoms with Crippen molar-refractivity contribution in [3.63, 3.8) is 0 Å². The molecule has 0 aliphatic carbocycles. The smallest absolute Gasteiger partial charge is 0.316 e. The van der Waals surface area contributed by atoms with Crippen molar-refractivity contribution in [2.75, 3.05) is 18.4 Å². The number of fused-ring (bicyclic) bond motifs is 2. The molecule has 1 saturated heterocycles. The number of aromatic amines is 1. The summed E-state index contributed by atoms with van der Waals surface area (Å²) in [7, 11) is 0. The maximum Gasteiger partial charge on any atom is 0.322 e. The lowest BCUT2D eigenvalue weighted by atomic mass is 9.99. The molecule has 2 aromatic heterocycles. The number of hydrogen-bond acceptors (Lipinski definition) is 4. The van der Waals surface area contributed by atoms with Crippen molar-refractivity contribution in [3.8, 4) is 11.3 Å². The number of urea groups is 1. The summed E-state index contributed by atoms with van der Waals surface area (Å²) in [4.78, 5) is 21.4. The Bertz CT molecular complexity index is 1450. The van der Waals surface area contributed by atoms with Crippen LogP contribution in [0.5, 0.6) is 0 Å². The molecule has 2 N–H and O–H groups in total. The predicted molar refractivity (Wildman–Crippen MR) is 133 cm³/mol. The van der Waals surface area contributed by atoms with Crippen LogP contribution in [0.4, 0.5) is 19.3 Å². The van der Waals surface area contributed by atoms with Gasteiger partial charge in [0.2, 0.25) is 0 Å². The number of nitrogens with one attached hydrogen (secondary N) is 2. The lowest BCUT2D eigenvalue weighted by Gasteiger charge is -2.41. The lowest BCUT2D eigenvalue weighted by Crippen LogP contribution is -2.52. The van der Waals surface area contributed by atoms with Crippen molar-refractivity contribution >= 4 is 22.6 Å². The fourth-order valence-corrected chi connectivity index (χ4v) is 5.40. The molecule has 0 spiro atoms. The first-order valence-electron chi connectivity index (χ1n) is 12.1. The maximum absolute atomic E-state index is 13.7. The molecule has 0 bridgehead atoms. The number of nitrogens with zero attached hydrogens (tertiary/aromatic N) is 4. The van der Waals surface area contributed by atoms with Crippen molar-refractivity contribution in [1.82, 2.24) is 25.0 Å². The van der Waals surface area contributed by atoms with Gasteiger partial charge in [-0.15, -0.1) is 0 Å². The summed E-state index contributed by atoms with van der Waals surface area (Å²) in [6.07, 6.45) is 3.57. The van der Waals surface area contributed by atoms with Gasteiger partial charge in [-0.3, -0.25) is 15.0 Å². The molecule has 0 unspecified atom stereocenters. The Labute approximate surface area is 207 Å². The number of hydrogen-bond donors (Lipinski definition) is 2. The Balaban J connectivity index is 1.24. The number of aryl methyl sites for hydroxylation is 1. The SMILES string of the molecule is Cc1cc(-c2n[nH]c3cc4c(cc23)CN([C@@H]2CCCN(Cc3cc(F)cc(F)c3)C2)C(=O)N4)ccn1. The van der Waals surface area contributed by atoms with Gasteiger partial charge in [0, 0.05) is 60.3 Å². The lowest BCUT2D eigenvalue weighted by molar-refractivity contribution is 0.108. The molecule has 2 aromatic carbocycles. The van der Waals surface area contributed by atoms with Crippen molar-refractivity contribution in [1.29, 1.82) is 0 Å². The number of halogens is 2. The van der Waals surface area contributed by atoms with E-state index in [1.165, 1.54) is 12.1 Å². The summed E-state index contributed by atoms with van der Waals surface area (Å²) in [6, 6.07) is 11.5. The van der Waals surface area contributed by atoms with Crippen LogP contribution < -0.4 is 5.32 Å². The average molecular weight is 489 g/mol. The van der Waals surface area contributed by atoms with Crippen LogP contribution in [-0.4, -0.2) is 50.1 Å². The number of carbonyl (C=O) groups is 1. The van der Waals surface area contributed by atoms with Crippen LogP contribution in [0.2, 0.25) is 0 Å². The number of anilines is 1. The number of aromatic nitrogens is 3. The molecule has 4 heterocycles. The van der Waals surface area contributed by atoms with Gasteiger partial charge in [0.05, 0.1) is 5.52 Å². The van der Waals surface area contributed by atoms with Crippen molar-refractivity contribution < 1.29 is 13.6 Å². The molecule has 184 valence electrons. The number of likely N-dealkylation sites (tertiary alicyclic amines) is 1. The van der Waals surface area contributed by atoms with E-state index in [0.29, 0.717) is 25.2 Å². The fourth-order valence-electron chi connectivity index (χ4n) is 5.40. The number of pyridine rings is 1. The first-order valence-corrected chi connectivity index (χ1v) is 12.1. The zero-order valence-corrected chi connectivity index (χ0v) is 19.9. The number of piperidine rings is 1. The standard InChI is InChI=1S/C27H26F2N6O/c1-16-7-18(4-5-30-16)26-23-10-19-14-35(27(36)31-24(19)12-25(23)32-33-26)22-3-2-6-34(15-22)13-17-8-20(28)11-21(29)9-17/h4-5,7-12,22H,2-3,6,13-15H2,1H3,(H,31,36)(H,32,33)/t22-/m1/s1. The minimum Gasteiger partial charge on any atom is -0.316 e. The quantitative estimate of drug-likeness (QED) is 0.413. The van der Waals surface area contributed by atoms with Gasteiger partial charge >= 0.3 is 6.03 Å². The van der Waals surface area contributed by atoms with E-state index >= 15 is 0 Å². The third kappa shape index (κ3) is 4.30. The molecule has 1 fully saturated rings. The van der Waals surface area contributed by atoms with Gasteiger partial charge in [-0.2, -0.15) is 5.10 Å². The van der Waals surface area contributed by atoms with E-state index < -0.39 is 11.6 Å². The fraction of sp³-hybridized carbons (Fsp3) is 0.296. The van der Waals surface area contributed by atoms with Gasteiger partial charge in [-0.05, 0) is 73.8 Å². The van der Waals surface area contributed by atoms with Crippen LogP contribution >= 0.6 is 0 Å². The van der Waals surface area contributed by atoms with E-state index in [0.717, 1.165) is 64.6 Å². The highest BCUT2D eigenvalue weighted by Crippen LogP contribution is 2.34. The van der Waals surface area contributed by atoms with E-state index in [4.69, 9.17) is 0 Å². The molecular formula is C27H26F2N6O. The van der Waals surface area contributed by atoms with Gasteiger partial charge < -0.3 is 10.2 Å². The van der Waals surface area contributed by atoms with Gasteiger partial charge in [-0.1, -0.05) is 0 Å². The van der Waals surface area contributed by atoms with Gasteiger partial charge in [0.25, 0.3) is 0 Å². The third-order valence-corrected chi connectivity index (χ3v) is 7.05. The predicted octanol–water partition coefficient (Wildman–Crippen LogP) is 5.22. The molecule has 2 aliphatic heterocycles. The zero-order chi connectivity index (χ0) is 24.8. The average Bonchev–Trinajstić information content (AvgIpc) is 3.24. The van der Waals surface area contributed by atoms with Crippen molar-refractivity contribution in [3.05, 3.63) is 77.1 Å². The number of amides is 2. The maximum atomic E-state index is 13.7. The second-order valence-corrected chi connectivity index (χ2v) is 9.68. The van der Waals surface area contributed by atoms with E-state index in [2.05, 4.69) is 31.5 Å². The first kappa shape index (κ1) is 22.6. The second-order valence-electron chi connectivity index (χ2n) is 9.68. The molecule has 36 heavy (non-hydrogen) atoms. The summed E-state index contributed by atoms with van der Waals surface area (Å²) in [6.45, 7) is 4.36. The number of carbonyl (C=O) groups excluding carboxylic acids is 1. The van der Waals surface area contributed by atoms with Crippen LogP contribution in [0.3, 0.4) is 0 Å². The normalized spacial score (nSPS) is 18.4. The van der Waals surface area contributed by atoms with Crippen LogP contribution in [0.25, 0.3) is 22.2 Å². The van der Waals surface area contributed by atoms with Crippen molar-refractivity contribution in [2.24, 2.45) is 0 Å². The van der Waals surface area contributed by atoms with E-state index in [9.17, 15) is 13.6 Å². The van der Waals surface area contributed by atoms with E-state index in [1.54, 1.807) is 6.20 Å². The van der Waals surface area contributed by atoms with Crippen molar-refractivity contribution in [2.45, 2.75) is 38.9 Å². The largest absolute Gasteiger partial charge is 0.322 e. The molecule has 2 amide bonds. The molecule has 0 radical (unpaired) electrons. The molecule has 7 nitrogen and oxygen atoms in total. The number of benzene rings is 2. The minimum absolute atomic E-state index is 0.00710. The first-order chi connectivity index (χ1) is 17.4. The Morgan fingerprint density at radius 3 is 2.75 bits per heavy atom. The Kier molecular flexibility index (Phi) is 5.64. The molecule has 0 saturated carbocycles. The summed E-state index contributed by atoms with van der Waals surface area (Å²) in [5.41, 5.74) is 6.03. The number of rotatable bonds is 4. The second kappa shape index (κ2) is 8.98. The van der Waals surface area contributed by atoms with Crippen LogP contribution in [0, 0.1) is 18.6 Å². The molecule has 6 rings (SSSR count). The third-order valence-electron chi connectivity index (χ3n) is 7.05. The highest BCUT2D eigenvalue weighted by atomic mass is 19.1. The topological polar surface area (TPSA) is 77.2 Å². The summed E-state index contributed by atoms with van der Waals surface area (Å²) in [5.74, 6) is -1.14. The van der Waals surface area contributed by atoms with E-state index in [1.807, 2.05) is 30.0 Å². The zero-order valence-electron chi connectivity index (χ0n) is 19.9. The molecule has 2 aliphatic rings. The molecule has 9 heteroatoms. The highest BCUT2D eigenvalue weighted by molar-refractivity contribution is 6.00. The number of H-pyrrole nitrogens is 1. The van der Waals surface area contributed by atoms with Crippen LogP contribution in [0.15, 0.2) is 48.7 Å². The van der Waals surface area contributed by atoms with E-state index in [-0.39, 0.29) is 12.1 Å². The molecule has 4 aromatic rings. The van der Waals surface area contributed by atoms with Gasteiger partial charge in [-0.25, -0.2) is 13.6 Å². The Hall–Kier alpha value is -3.85. The summed E-state index contributed by atoms with van der Waals surface area (Å²) >= 11 is 0. The minimum atomic E-state index is -0.572. The monoisotopic (exact) mass is 488 g/mol. The Morgan fingerprint density at radius 2 is 1.94 bits per heavy atom. The summed E-state index contributed by atoms with van der Waals surface area (Å²) in [5, 5.41) is 11.7.